The van der Waals surface area contributed by atoms with Crippen molar-refractivity contribution in [1.29, 1.82) is 0 Å². The summed E-state index contributed by atoms with van der Waals surface area (Å²) in [5, 5.41) is 0. The fourth-order valence-corrected chi connectivity index (χ4v) is 0.837. The van der Waals surface area contributed by atoms with Gasteiger partial charge in [-0.15, -0.1) is 0 Å². The van der Waals surface area contributed by atoms with Crippen LogP contribution in [0.2, 0.25) is 0 Å². The maximum absolute atomic E-state index is 11.2. The van der Waals surface area contributed by atoms with E-state index in [1.54, 1.807) is 19.9 Å². The molecule has 0 radical (unpaired) electrons. The van der Waals surface area contributed by atoms with E-state index in [0.29, 0.717) is 25.4 Å². The standard InChI is InChI=1S/C11H19FO5/c1-3-10(2)11(13)16-8-6-14-4-5-15-7-9-17-12/h3H,4-9H2,1-2H3. The van der Waals surface area contributed by atoms with Crippen molar-refractivity contribution in [2.75, 3.05) is 39.6 Å². The SMILES string of the molecule is CC=C(C)C(=O)OCCOCCOCCOF. The number of hydrogen-bond acceptors (Lipinski definition) is 5. The van der Waals surface area contributed by atoms with Gasteiger partial charge in [-0.25, -0.2) is 4.79 Å². The zero-order valence-corrected chi connectivity index (χ0v) is 10.2. The van der Waals surface area contributed by atoms with E-state index in [4.69, 9.17) is 14.2 Å². The quantitative estimate of drug-likeness (QED) is 0.333. The summed E-state index contributed by atoms with van der Waals surface area (Å²) in [4.78, 5) is 14.5. The average molecular weight is 250 g/mol. The fourth-order valence-electron chi connectivity index (χ4n) is 0.837. The summed E-state index contributed by atoms with van der Waals surface area (Å²) in [7, 11) is 0. The third-order valence-electron chi connectivity index (χ3n) is 1.89. The van der Waals surface area contributed by atoms with Gasteiger partial charge >= 0.3 is 5.97 Å². The number of carbonyl (C=O) groups is 1. The summed E-state index contributed by atoms with van der Waals surface area (Å²) in [6.07, 6.45) is 1.68. The Morgan fingerprint density at radius 2 is 1.59 bits per heavy atom. The molecule has 5 nitrogen and oxygen atoms in total. The molecule has 0 aliphatic carbocycles. The van der Waals surface area contributed by atoms with Gasteiger partial charge in [-0.1, -0.05) is 6.08 Å². The molecule has 0 saturated carbocycles. The third-order valence-corrected chi connectivity index (χ3v) is 1.89. The van der Waals surface area contributed by atoms with Gasteiger partial charge in [0, 0.05) is 5.57 Å². The lowest BCUT2D eigenvalue weighted by Gasteiger charge is -2.06. The Morgan fingerprint density at radius 3 is 2.12 bits per heavy atom. The molecular formula is C11H19FO5. The lowest BCUT2D eigenvalue weighted by Crippen LogP contribution is -2.14. The number of allylic oxidation sites excluding steroid dienone is 1. The first-order chi connectivity index (χ1) is 8.22. The molecule has 0 saturated heterocycles. The Labute approximate surface area is 100 Å². The minimum atomic E-state index is -0.340. The van der Waals surface area contributed by atoms with Crippen LogP contribution in [0.5, 0.6) is 0 Å². The molecule has 6 heteroatoms. The van der Waals surface area contributed by atoms with Crippen molar-refractivity contribution in [3.05, 3.63) is 11.6 Å². The van der Waals surface area contributed by atoms with E-state index in [9.17, 15) is 9.32 Å². The highest BCUT2D eigenvalue weighted by molar-refractivity contribution is 5.87. The van der Waals surface area contributed by atoms with Crippen LogP contribution < -0.4 is 0 Å². The topological polar surface area (TPSA) is 54.0 Å². The largest absolute Gasteiger partial charge is 0.460 e. The van der Waals surface area contributed by atoms with E-state index in [2.05, 4.69) is 4.94 Å². The highest BCUT2D eigenvalue weighted by Crippen LogP contribution is 1.95. The molecule has 0 aliphatic rings. The van der Waals surface area contributed by atoms with Crippen LogP contribution >= 0.6 is 0 Å². The molecule has 0 amide bonds. The van der Waals surface area contributed by atoms with Crippen LogP contribution in [0.3, 0.4) is 0 Å². The third kappa shape index (κ3) is 9.92. The summed E-state index contributed by atoms with van der Waals surface area (Å²) in [6.45, 7) is 4.80. The van der Waals surface area contributed by atoms with Gasteiger partial charge in [0.25, 0.3) is 0 Å². The molecule has 0 heterocycles. The van der Waals surface area contributed by atoms with E-state index in [1.165, 1.54) is 0 Å². The van der Waals surface area contributed by atoms with Gasteiger partial charge in [0.15, 0.2) is 0 Å². The van der Waals surface area contributed by atoms with Gasteiger partial charge < -0.3 is 14.2 Å². The Balaban J connectivity index is 3.21. The van der Waals surface area contributed by atoms with Crippen molar-refractivity contribution >= 4 is 5.97 Å². The van der Waals surface area contributed by atoms with Crippen LogP contribution in [0.4, 0.5) is 4.53 Å². The van der Waals surface area contributed by atoms with Crippen molar-refractivity contribution < 1.29 is 28.5 Å². The molecule has 17 heavy (non-hydrogen) atoms. The monoisotopic (exact) mass is 250 g/mol. The van der Waals surface area contributed by atoms with Gasteiger partial charge in [0.2, 0.25) is 0 Å². The molecule has 0 unspecified atom stereocenters. The van der Waals surface area contributed by atoms with Crippen molar-refractivity contribution in [1.82, 2.24) is 0 Å². The van der Waals surface area contributed by atoms with Gasteiger partial charge in [0.1, 0.15) is 13.2 Å². The predicted molar refractivity (Wildman–Crippen MR) is 59.1 cm³/mol. The predicted octanol–water partition coefficient (Wildman–Crippen LogP) is 1.43. The summed E-state index contributed by atoms with van der Waals surface area (Å²) in [5.41, 5.74) is 0.569. The molecule has 0 rings (SSSR count). The first kappa shape index (κ1) is 16.0. The van der Waals surface area contributed by atoms with Gasteiger partial charge in [-0.3, -0.25) is 0 Å². The van der Waals surface area contributed by atoms with Crippen LogP contribution in [-0.2, 0) is 23.9 Å². The van der Waals surface area contributed by atoms with Crippen LogP contribution in [0.1, 0.15) is 13.8 Å². The van der Waals surface area contributed by atoms with Crippen LogP contribution in [0.15, 0.2) is 11.6 Å². The Hall–Kier alpha value is -0.980. The van der Waals surface area contributed by atoms with Gasteiger partial charge in [-0.05, 0) is 18.4 Å². The number of carbonyl (C=O) groups excluding carboxylic acids is 1. The van der Waals surface area contributed by atoms with Crippen molar-refractivity contribution in [2.24, 2.45) is 0 Å². The maximum atomic E-state index is 11.2. The molecule has 0 fully saturated rings. The summed E-state index contributed by atoms with van der Waals surface area (Å²) in [5.74, 6) is -0.340. The number of hydrogen-bond donors (Lipinski definition) is 0. The summed E-state index contributed by atoms with van der Waals surface area (Å²) < 4.78 is 26.1. The molecule has 0 bridgehead atoms. The smallest absolute Gasteiger partial charge is 0.333 e. The minimum absolute atomic E-state index is 0.0831. The second-order valence-corrected chi connectivity index (χ2v) is 3.15. The Morgan fingerprint density at radius 1 is 1.06 bits per heavy atom. The zero-order chi connectivity index (χ0) is 12.9. The second-order valence-electron chi connectivity index (χ2n) is 3.15. The van der Waals surface area contributed by atoms with Gasteiger partial charge in [0.05, 0.1) is 26.4 Å². The van der Waals surface area contributed by atoms with Crippen LogP contribution in [-0.4, -0.2) is 45.6 Å². The Bertz CT molecular complexity index is 230. The van der Waals surface area contributed by atoms with E-state index >= 15 is 0 Å². The molecule has 100 valence electrons. The molecule has 0 atom stereocenters. The van der Waals surface area contributed by atoms with E-state index in [0.717, 1.165) is 0 Å². The van der Waals surface area contributed by atoms with Crippen molar-refractivity contribution in [2.45, 2.75) is 13.8 Å². The first-order valence-electron chi connectivity index (χ1n) is 5.41. The molecule has 0 aliphatic heterocycles. The fraction of sp³-hybridized carbons (Fsp3) is 0.727. The van der Waals surface area contributed by atoms with E-state index < -0.39 is 0 Å². The van der Waals surface area contributed by atoms with Crippen molar-refractivity contribution in [3.63, 3.8) is 0 Å². The molecule has 0 aromatic carbocycles. The summed E-state index contributed by atoms with van der Waals surface area (Å²) in [6, 6.07) is 0. The van der Waals surface area contributed by atoms with E-state index in [1.807, 2.05) is 0 Å². The van der Waals surface area contributed by atoms with E-state index in [-0.39, 0.29) is 25.8 Å². The highest BCUT2D eigenvalue weighted by Gasteiger charge is 2.03. The molecule has 0 spiro atoms. The lowest BCUT2D eigenvalue weighted by molar-refractivity contribution is -0.148. The molecule has 0 N–H and O–H groups in total. The Kier molecular flexibility index (Phi) is 10.8. The minimum Gasteiger partial charge on any atom is -0.460 e. The normalized spacial score (nSPS) is 11.6. The summed E-state index contributed by atoms with van der Waals surface area (Å²) >= 11 is 0. The number of halogens is 1. The van der Waals surface area contributed by atoms with Crippen molar-refractivity contribution in [3.8, 4) is 0 Å². The highest BCUT2D eigenvalue weighted by atomic mass is 19.3. The number of rotatable bonds is 10. The molecule has 0 aromatic rings. The second kappa shape index (κ2) is 11.5. The first-order valence-corrected chi connectivity index (χ1v) is 5.41. The van der Waals surface area contributed by atoms with Gasteiger partial charge in [-0.2, -0.15) is 4.94 Å². The van der Waals surface area contributed by atoms with Crippen LogP contribution in [0.25, 0.3) is 0 Å². The molecule has 0 aromatic heterocycles. The lowest BCUT2D eigenvalue weighted by atomic mass is 10.3. The molecular weight excluding hydrogens is 231 g/mol. The number of ether oxygens (including phenoxy) is 3. The van der Waals surface area contributed by atoms with Crippen LogP contribution in [0, 0.1) is 0 Å². The number of esters is 1. The zero-order valence-electron chi connectivity index (χ0n) is 10.2. The maximum Gasteiger partial charge on any atom is 0.333 e. The average Bonchev–Trinajstić information content (AvgIpc) is 2.35.